The number of nitrogens with zero attached hydrogens (tertiary/aromatic N) is 8. The number of nitrogens with two attached hydrogens (primary N) is 1. The molecule has 2 aromatic carbocycles. The second-order valence-electron chi connectivity index (χ2n) is 13.4. The van der Waals surface area contributed by atoms with Crippen LogP contribution in [0.4, 0.5) is 10.2 Å². The third-order valence-corrected chi connectivity index (χ3v) is 9.57. The fraction of sp³-hybridized carbons (Fsp3) is 0.405. The summed E-state index contributed by atoms with van der Waals surface area (Å²) < 4.78 is 23.1. The van der Waals surface area contributed by atoms with Gasteiger partial charge in [0.05, 0.1) is 24.5 Å². The molecule has 2 amide bonds. The highest BCUT2D eigenvalue weighted by Gasteiger charge is 2.35. The number of anilines is 1. The van der Waals surface area contributed by atoms with E-state index in [9.17, 15) is 9.59 Å². The lowest BCUT2D eigenvalue weighted by Crippen LogP contribution is -2.55. The van der Waals surface area contributed by atoms with Crippen LogP contribution in [0.15, 0.2) is 66.6 Å². The standard InChI is InChI=1S/C37H43FN10O3/c1-25(49)41-14-16-45-17-19-46(20-18-45)37(2,3)22-31(40-4)36(50)47-15-8-9-26(47)23-48-35-32(34(39)42-24-43-35)33(44-48)29-13-12-28(21-30(29)38)51-27-10-6-5-7-11-27/h5-7,10-13,21-22,24,26H,8-9,14-20,23H2,1-3H3,(H,41,49)(H2,39,42,43)/b31-22-/t26-/m1/s1. The Kier molecular flexibility index (Phi) is 10.6. The van der Waals surface area contributed by atoms with Crippen LogP contribution in [0, 0.1) is 12.4 Å². The summed E-state index contributed by atoms with van der Waals surface area (Å²) in [5.74, 6) is 0.186. The summed E-state index contributed by atoms with van der Waals surface area (Å²) in [7, 11) is 0. The van der Waals surface area contributed by atoms with Gasteiger partial charge in [0.2, 0.25) is 11.6 Å². The van der Waals surface area contributed by atoms with Gasteiger partial charge in [0.15, 0.2) is 5.65 Å². The molecule has 2 aromatic heterocycles. The SMILES string of the molecule is [C-]#[N+]/C(=C\C(C)(C)N1CCN(CCNC(C)=O)CC1)C(=O)N1CCC[C@@H]1Cn1nc(-c2ccc(Oc3ccccc3)cc2F)c2c(N)ncnc21. The number of rotatable bonds is 11. The molecule has 2 aliphatic heterocycles. The van der Waals surface area contributed by atoms with Gasteiger partial charge in [-0.3, -0.25) is 19.4 Å². The molecule has 0 bridgehead atoms. The van der Waals surface area contributed by atoms with Gasteiger partial charge < -0.3 is 20.7 Å². The Morgan fingerprint density at radius 2 is 1.86 bits per heavy atom. The Hall–Kier alpha value is -5.39. The molecule has 13 nitrogen and oxygen atoms in total. The van der Waals surface area contributed by atoms with Crippen molar-refractivity contribution in [3.05, 3.63) is 83.9 Å². The van der Waals surface area contributed by atoms with E-state index in [0.29, 0.717) is 47.7 Å². The number of para-hydroxylation sites is 1. The minimum absolute atomic E-state index is 0.0373. The molecule has 0 aliphatic carbocycles. The number of piperazine rings is 1. The number of carbonyl (C=O) groups excluding carboxylic acids is 2. The van der Waals surface area contributed by atoms with Gasteiger partial charge in [-0.05, 0) is 51.0 Å². The van der Waals surface area contributed by atoms with Gasteiger partial charge in [0.1, 0.15) is 35.2 Å². The number of hydrogen-bond donors (Lipinski definition) is 2. The molecule has 4 heterocycles. The van der Waals surface area contributed by atoms with Crippen LogP contribution in [0.2, 0.25) is 0 Å². The Morgan fingerprint density at radius 3 is 2.57 bits per heavy atom. The van der Waals surface area contributed by atoms with Crippen molar-refractivity contribution in [3.63, 3.8) is 0 Å². The van der Waals surface area contributed by atoms with Crippen LogP contribution in [0.25, 0.3) is 27.1 Å². The molecular formula is C37H43FN10O3. The summed E-state index contributed by atoms with van der Waals surface area (Å²) in [6.07, 6.45) is 4.60. The number of ether oxygens (including phenoxy) is 1. The van der Waals surface area contributed by atoms with Gasteiger partial charge in [0, 0.05) is 69.9 Å². The Balaban J connectivity index is 1.19. The van der Waals surface area contributed by atoms with Crippen molar-refractivity contribution in [2.75, 3.05) is 51.5 Å². The van der Waals surface area contributed by atoms with Crippen molar-refractivity contribution in [2.24, 2.45) is 0 Å². The van der Waals surface area contributed by atoms with E-state index < -0.39 is 11.4 Å². The summed E-state index contributed by atoms with van der Waals surface area (Å²) in [6, 6.07) is 13.4. The molecule has 3 N–H and O–H groups in total. The molecule has 0 spiro atoms. The van der Waals surface area contributed by atoms with E-state index in [-0.39, 0.29) is 41.5 Å². The van der Waals surface area contributed by atoms with Gasteiger partial charge in [-0.1, -0.05) is 24.3 Å². The zero-order chi connectivity index (χ0) is 36.1. The molecule has 14 heteroatoms. The van der Waals surface area contributed by atoms with Gasteiger partial charge >= 0.3 is 0 Å². The minimum atomic E-state index is -0.545. The maximum absolute atomic E-state index is 15.7. The summed E-state index contributed by atoms with van der Waals surface area (Å²) in [5, 5.41) is 8.04. The third kappa shape index (κ3) is 8.00. The van der Waals surface area contributed by atoms with Crippen molar-refractivity contribution in [1.82, 2.24) is 39.8 Å². The topological polar surface area (TPSA) is 139 Å². The van der Waals surface area contributed by atoms with E-state index in [1.54, 1.807) is 39.9 Å². The number of halogens is 1. The average Bonchev–Trinajstić information content (AvgIpc) is 3.73. The Bertz CT molecular complexity index is 1960. The zero-order valence-electron chi connectivity index (χ0n) is 29.2. The van der Waals surface area contributed by atoms with E-state index in [1.165, 1.54) is 19.3 Å². The number of likely N-dealkylation sites (tertiary alicyclic amines) is 1. The summed E-state index contributed by atoms with van der Waals surface area (Å²) in [4.78, 5) is 43.8. The van der Waals surface area contributed by atoms with E-state index >= 15 is 4.39 Å². The monoisotopic (exact) mass is 694 g/mol. The molecule has 266 valence electrons. The van der Waals surface area contributed by atoms with Crippen LogP contribution in [0.1, 0.15) is 33.6 Å². The average molecular weight is 695 g/mol. The van der Waals surface area contributed by atoms with Crippen molar-refractivity contribution < 1.29 is 18.7 Å². The fourth-order valence-corrected chi connectivity index (χ4v) is 6.87. The highest BCUT2D eigenvalue weighted by molar-refractivity contribution is 5.98. The van der Waals surface area contributed by atoms with Gasteiger partial charge in [0.25, 0.3) is 5.91 Å². The predicted octanol–water partition coefficient (Wildman–Crippen LogP) is 4.33. The Morgan fingerprint density at radius 1 is 1.10 bits per heavy atom. The number of nitrogen functional groups attached to an aromatic ring is 1. The molecule has 0 saturated carbocycles. The molecule has 51 heavy (non-hydrogen) atoms. The van der Waals surface area contributed by atoms with Crippen molar-refractivity contribution in [3.8, 4) is 22.8 Å². The largest absolute Gasteiger partial charge is 0.457 e. The fourth-order valence-electron chi connectivity index (χ4n) is 6.87. The number of amides is 2. The van der Waals surface area contributed by atoms with Crippen molar-refractivity contribution in [2.45, 2.75) is 51.7 Å². The summed E-state index contributed by atoms with van der Waals surface area (Å²) >= 11 is 0. The molecule has 2 aliphatic rings. The van der Waals surface area contributed by atoms with Crippen molar-refractivity contribution in [1.29, 1.82) is 0 Å². The lowest BCUT2D eigenvalue weighted by atomic mass is 9.99. The summed E-state index contributed by atoms with van der Waals surface area (Å²) in [5.41, 5.74) is 6.81. The molecule has 4 aromatic rings. The first kappa shape index (κ1) is 35.4. The normalized spacial score (nSPS) is 17.4. The second kappa shape index (κ2) is 15.2. The lowest BCUT2D eigenvalue weighted by Gasteiger charge is -2.43. The van der Waals surface area contributed by atoms with Crippen LogP contribution in [0.5, 0.6) is 11.5 Å². The smallest absolute Gasteiger partial charge is 0.252 e. The number of hydrogen-bond acceptors (Lipinski definition) is 9. The highest BCUT2D eigenvalue weighted by atomic mass is 19.1. The van der Waals surface area contributed by atoms with Gasteiger partial charge in [-0.2, -0.15) is 5.10 Å². The number of fused-ring (bicyclic) bond motifs is 1. The number of aromatic nitrogens is 4. The van der Waals surface area contributed by atoms with E-state index in [2.05, 4.69) is 29.9 Å². The molecule has 6 rings (SSSR count). The van der Waals surface area contributed by atoms with Crippen LogP contribution in [-0.4, -0.2) is 104 Å². The Labute approximate surface area is 296 Å². The van der Waals surface area contributed by atoms with E-state index in [1.807, 2.05) is 32.0 Å². The number of nitrogens with one attached hydrogen (secondary N) is 1. The quantitative estimate of drug-likeness (QED) is 0.174. The first-order chi connectivity index (χ1) is 24.5. The second-order valence-corrected chi connectivity index (χ2v) is 13.4. The molecule has 2 fully saturated rings. The number of benzene rings is 2. The molecule has 0 radical (unpaired) electrons. The van der Waals surface area contributed by atoms with Crippen molar-refractivity contribution >= 4 is 28.7 Å². The maximum atomic E-state index is 15.7. The first-order valence-electron chi connectivity index (χ1n) is 17.2. The van der Waals surface area contributed by atoms with E-state index in [4.69, 9.17) is 22.1 Å². The summed E-state index contributed by atoms with van der Waals surface area (Å²) in [6.45, 7) is 18.9. The van der Waals surface area contributed by atoms with Gasteiger partial charge in [-0.15, -0.1) is 0 Å². The minimum Gasteiger partial charge on any atom is -0.457 e. The van der Waals surface area contributed by atoms with Gasteiger partial charge in [-0.25, -0.2) is 23.9 Å². The molecule has 0 unspecified atom stereocenters. The highest BCUT2D eigenvalue weighted by Crippen LogP contribution is 2.35. The van der Waals surface area contributed by atoms with Crippen LogP contribution >= 0.6 is 0 Å². The zero-order valence-corrected chi connectivity index (χ0v) is 29.2. The molecule has 2 saturated heterocycles. The first-order valence-corrected chi connectivity index (χ1v) is 17.2. The number of carbonyl (C=O) groups is 2. The van der Waals surface area contributed by atoms with Crippen LogP contribution < -0.4 is 15.8 Å². The lowest BCUT2D eigenvalue weighted by molar-refractivity contribution is -0.128. The molecule has 1 atom stereocenters. The van der Waals surface area contributed by atoms with Crippen LogP contribution in [0.3, 0.4) is 0 Å². The van der Waals surface area contributed by atoms with E-state index in [0.717, 1.165) is 39.1 Å². The van der Waals surface area contributed by atoms with Crippen LogP contribution in [-0.2, 0) is 16.1 Å². The molecular weight excluding hydrogens is 651 g/mol. The maximum Gasteiger partial charge on any atom is 0.252 e. The third-order valence-electron chi connectivity index (χ3n) is 9.57. The predicted molar refractivity (Wildman–Crippen MR) is 192 cm³/mol.